The SMILES string of the molecule is [C-]#[N+]c1cc2c(Oc3ccc(NC(=O)Nc4ccc(OC)cc4)cc3)ccnc2cc1OCCCC(=O)O. The maximum atomic E-state index is 12.3. The number of aromatic nitrogens is 1. The van der Waals surface area contributed by atoms with E-state index in [1.165, 1.54) is 0 Å². The topological polar surface area (TPSA) is 123 Å². The second-order valence-corrected chi connectivity index (χ2v) is 8.04. The molecule has 0 saturated carbocycles. The van der Waals surface area contributed by atoms with Gasteiger partial charge in [0, 0.05) is 29.4 Å². The van der Waals surface area contributed by atoms with Crippen LogP contribution >= 0.6 is 0 Å². The summed E-state index contributed by atoms with van der Waals surface area (Å²) in [5.41, 5.74) is 2.04. The molecule has 0 saturated heterocycles. The number of aliphatic carboxylic acids is 1. The summed E-state index contributed by atoms with van der Waals surface area (Å²) in [6, 6.07) is 18.4. The molecule has 4 rings (SSSR count). The number of hydrogen-bond acceptors (Lipinski definition) is 6. The summed E-state index contributed by atoms with van der Waals surface area (Å²) in [6.07, 6.45) is 1.90. The first-order valence-electron chi connectivity index (χ1n) is 11.6. The van der Waals surface area contributed by atoms with E-state index >= 15 is 0 Å². The van der Waals surface area contributed by atoms with E-state index < -0.39 is 12.0 Å². The van der Waals surface area contributed by atoms with Crippen molar-refractivity contribution >= 4 is 40.0 Å². The molecule has 4 aromatic rings. The van der Waals surface area contributed by atoms with Crippen LogP contribution in [0.3, 0.4) is 0 Å². The highest BCUT2D eigenvalue weighted by Gasteiger charge is 2.12. The lowest BCUT2D eigenvalue weighted by Crippen LogP contribution is -2.19. The number of carbonyl (C=O) groups is 2. The van der Waals surface area contributed by atoms with Crippen molar-refractivity contribution < 1.29 is 28.9 Å². The number of amides is 2. The zero-order valence-corrected chi connectivity index (χ0v) is 20.4. The Hall–Kier alpha value is -5.30. The first-order chi connectivity index (χ1) is 18.4. The molecule has 0 radical (unpaired) electrons. The Morgan fingerprint density at radius 3 is 2.21 bits per heavy atom. The third-order valence-electron chi connectivity index (χ3n) is 5.38. The van der Waals surface area contributed by atoms with E-state index in [1.54, 1.807) is 80.0 Å². The average molecular weight is 513 g/mol. The van der Waals surface area contributed by atoms with Crippen LogP contribution in [0, 0.1) is 6.57 Å². The Morgan fingerprint density at radius 2 is 1.61 bits per heavy atom. The van der Waals surface area contributed by atoms with Crippen molar-refractivity contribution in [3.05, 3.63) is 84.3 Å². The van der Waals surface area contributed by atoms with Gasteiger partial charge in [-0.25, -0.2) is 9.64 Å². The summed E-state index contributed by atoms with van der Waals surface area (Å²) >= 11 is 0. The summed E-state index contributed by atoms with van der Waals surface area (Å²) in [7, 11) is 1.57. The van der Waals surface area contributed by atoms with Crippen LogP contribution in [0.15, 0.2) is 72.9 Å². The molecule has 0 atom stereocenters. The molecular formula is C28H24N4O6. The van der Waals surface area contributed by atoms with Gasteiger partial charge in [0.1, 0.15) is 23.0 Å². The maximum absolute atomic E-state index is 12.3. The van der Waals surface area contributed by atoms with Crippen LogP contribution in [-0.2, 0) is 4.79 Å². The van der Waals surface area contributed by atoms with E-state index in [1.807, 2.05) is 0 Å². The average Bonchev–Trinajstić information content (AvgIpc) is 2.92. The zero-order valence-electron chi connectivity index (χ0n) is 20.4. The van der Waals surface area contributed by atoms with Gasteiger partial charge in [-0.05, 0) is 73.2 Å². The molecule has 0 aliphatic carbocycles. The van der Waals surface area contributed by atoms with E-state index in [0.29, 0.717) is 51.7 Å². The smallest absolute Gasteiger partial charge is 0.323 e. The molecule has 3 N–H and O–H groups in total. The van der Waals surface area contributed by atoms with Crippen LogP contribution in [0.25, 0.3) is 15.7 Å². The van der Waals surface area contributed by atoms with Crippen molar-refractivity contribution in [2.45, 2.75) is 12.8 Å². The van der Waals surface area contributed by atoms with Crippen molar-refractivity contribution in [3.8, 4) is 23.0 Å². The lowest BCUT2D eigenvalue weighted by molar-refractivity contribution is -0.137. The minimum Gasteiger partial charge on any atom is -0.505 e. The molecule has 3 aromatic carbocycles. The van der Waals surface area contributed by atoms with Gasteiger partial charge < -0.3 is 30.0 Å². The third-order valence-corrected chi connectivity index (χ3v) is 5.38. The highest BCUT2D eigenvalue weighted by atomic mass is 16.5. The maximum Gasteiger partial charge on any atom is 0.323 e. The van der Waals surface area contributed by atoms with Crippen LogP contribution in [0.4, 0.5) is 21.9 Å². The van der Waals surface area contributed by atoms with Crippen molar-refractivity contribution in [2.24, 2.45) is 0 Å². The Morgan fingerprint density at radius 1 is 0.947 bits per heavy atom. The standard InChI is InChI=1S/C28H24N4O6/c1-29-24-16-22-23(17-26(24)37-15-3-4-27(33)34)30-14-13-25(22)38-21-11-7-19(8-12-21)32-28(35)31-18-5-9-20(36-2)10-6-18/h5-14,16-17H,3-4,15H2,2H3,(H,33,34)(H2,31,32,35). The van der Waals surface area contributed by atoms with Crippen molar-refractivity contribution in [1.82, 2.24) is 4.98 Å². The molecule has 192 valence electrons. The fourth-order valence-electron chi connectivity index (χ4n) is 3.54. The van der Waals surface area contributed by atoms with Gasteiger partial charge in [-0.15, -0.1) is 0 Å². The number of hydrogen-bond donors (Lipinski definition) is 3. The second kappa shape index (κ2) is 12.1. The van der Waals surface area contributed by atoms with Crippen LogP contribution < -0.4 is 24.8 Å². The van der Waals surface area contributed by atoms with Gasteiger partial charge in [-0.3, -0.25) is 9.78 Å². The van der Waals surface area contributed by atoms with E-state index in [0.717, 1.165) is 0 Å². The predicted molar refractivity (Wildman–Crippen MR) is 143 cm³/mol. The number of rotatable bonds is 10. The minimum atomic E-state index is -0.901. The van der Waals surface area contributed by atoms with Gasteiger partial charge in [-0.1, -0.05) is 0 Å². The number of carbonyl (C=O) groups excluding carboxylic acids is 1. The van der Waals surface area contributed by atoms with Crippen LogP contribution in [-0.4, -0.2) is 35.8 Å². The molecule has 2 amide bonds. The van der Waals surface area contributed by atoms with Gasteiger partial charge in [0.05, 0.1) is 25.8 Å². The summed E-state index contributed by atoms with van der Waals surface area (Å²) in [5.74, 6) is 1.15. The Balaban J connectivity index is 1.42. The molecule has 10 nitrogen and oxygen atoms in total. The second-order valence-electron chi connectivity index (χ2n) is 8.04. The van der Waals surface area contributed by atoms with Gasteiger partial charge in [0.15, 0.2) is 0 Å². The summed E-state index contributed by atoms with van der Waals surface area (Å²) < 4.78 is 16.8. The number of nitrogens with zero attached hydrogens (tertiary/aromatic N) is 2. The quantitative estimate of drug-likeness (QED) is 0.164. The number of ether oxygens (including phenoxy) is 3. The van der Waals surface area contributed by atoms with Gasteiger partial charge in [0.25, 0.3) is 0 Å². The Kier molecular flexibility index (Phi) is 8.21. The number of carboxylic acids is 1. The fraction of sp³-hybridized carbons (Fsp3) is 0.143. The number of carboxylic acid groups (broad SMARTS) is 1. The van der Waals surface area contributed by atoms with Crippen LogP contribution in [0.2, 0.25) is 0 Å². The lowest BCUT2D eigenvalue weighted by Gasteiger charge is -2.13. The van der Waals surface area contributed by atoms with Gasteiger partial charge in [0.2, 0.25) is 5.69 Å². The zero-order chi connectivity index (χ0) is 26.9. The molecule has 0 unspecified atom stereocenters. The van der Waals surface area contributed by atoms with Crippen molar-refractivity contribution in [3.63, 3.8) is 0 Å². The number of methoxy groups -OCH3 is 1. The third kappa shape index (κ3) is 6.67. The number of urea groups is 1. The predicted octanol–water partition coefficient (Wildman–Crippen LogP) is 6.47. The molecule has 1 aromatic heterocycles. The first-order valence-corrected chi connectivity index (χ1v) is 11.6. The molecule has 0 aliphatic heterocycles. The summed E-state index contributed by atoms with van der Waals surface area (Å²) in [5, 5.41) is 14.9. The van der Waals surface area contributed by atoms with Crippen LogP contribution in [0.5, 0.6) is 23.0 Å². The molecule has 1 heterocycles. The van der Waals surface area contributed by atoms with E-state index in [2.05, 4.69) is 20.5 Å². The lowest BCUT2D eigenvalue weighted by atomic mass is 10.1. The monoisotopic (exact) mass is 512 g/mol. The van der Waals surface area contributed by atoms with E-state index in [9.17, 15) is 9.59 Å². The van der Waals surface area contributed by atoms with Gasteiger partial charge >= 0.3 is 12.0 Å². The molecule has 10 heteroatoms. The fourth-order valence-corrected chi connectivity index (χ4v) is 3.54. The van der Waals surface area contributed by atoms with Crippen LogP contribution in [0.1, 0.15) is 12.8 Å². The first kappa shape index (κ1) is 25.8. The Labute approximate surface area is 218 Å². The van der Waals surface area contributed by atoms with Gasteiger partial charge in [-0.2, -0.15) is 0 Å². The molecule has 0 bridgehead atoms. The largest absolute Gasteiger partial charge is 0.505 e. The summed E-state index contributed by atoms with van der Waals surface area (Å²) in [6.45, 7) is 7.69. The van der Waals surface area contributed by atoms with E-state index in [-0.39, 0.29) is 18.7 Å². The highest BCUT2D eigenvalue weighted by molar-refractivity contribution is 5.99. The molecule has 0 fully saturated rings. The normalized spacial score (nSPS) is 10.3. The Bertz CT molecular complexity index is 1480. The molecular weight excluding hydrogens is 488 g/mol. The van der Waals surface area contributed by atoms with Crippen molar-refractivity contribution in [1.29, 1.82) is 0 Å². The van der Waals surface area contributed by atoms with E-state index in [4.69, 9.17) is 25.9 Å². The molecule has 38 heavy (non-hydrogen) atoms. The number of benzene rings is 3. The molecule has 0 spiro atoms. The number of nitrogens with one attached hydrogen (secondary N) is 2. The number of anilines is 2. The minimum absolute atomic E-state index is 0.0151. The number of pyridine rings is 1. The highest BCUT2D eigenvalue weighted by Crippen LogP contribution is 2.37. The number of fused-ring (bicyclic) bond motifs is 1. The molecule has 0 aliphatic rings. The van der Waals surface area contributed by atoms with Crippen molar-refractivity contribution in [2.75, 3.05) is 24.4 Å². The summed E-state index contributed by atoms with van der Waals surface area (Å²) in [4.78, 5) is 30.9.